The third kappa shape index (κ3) is 4.43. The minimum atomic E-state index is -3.13. The van der Waals surface area contributed by atoms with Gasteiger partial charge in [0.05, 0.1) is 5.75 Å². The van der Waals surface area contributed by atoms with Crippen molar-refractivity contribution in [3.05, 3.63) is 0 Å². The Labute approximate surface area is 108 Å². The van der Waals surface area contributed by atoms with E-state index in [1.54, 1.807) is 11.8 Å². The SMILES string of the molecule is CSC1(CNS(=O)(=O)CCCCl)CCCC1. The highest BCUT2D eigenvalue weighted by Crippen LogP contribution is 2.39. The molecule has 1 rings (SSSR count). The molecule has 1 fully saturated rings. The Morgan fingerprint density at radius 3 is 2.50 bits per heavy atom. The Bertz CT molecular complexity index is 300. The van der Waals surface area contributed by atoms with Crippen molar-refractivity contribution in [1.29, 1.82) is 0 Å². The zero-order valence-electron chi connectivity index (χ0n) is 9.67. The van der Waals surface area contributed by atoms with Gasteiger partial charge >= 0.3 is 0 Å². The summed E-state index contributed by atoms with van der Waals surface area (Å²) in [4.78, 5) is 0. The number of hydrogen-bond acceptors (Lipinski definition) is 3. The predicted octanol–water partition coefficient (Wildman–Crippen LogP) is 2.21. The molecule has 0 atom stereocenters. The van der Waals surface area contributed by atoms with Crippen molar-refractivity contribution in [2.45, 2.75) is 36.9 Å². The Balaban J connectivity index is 2.43. The van der Waals surface area contributed by atoms with E-state index in [1.807, 2.05) is 0 Å². The normalized spacial score (nSPS) is 20.1. The second-order valence-electron chi connectivity index (χ2n) is 4.28. The molecule has 6 heteroatoms. The van der Waals surface area contributed by atoms with E-state index in [4.69, 9.17) is 11.6 Å². The van der Waals surface area contributed by atoms with Gasteiger partial charge in [-0.15, -0.1) is 11.6 Å². The first-order valence-electron chi connectivity index (χ1n) is 5.62. The quantitative estimate of drug-likeness (QED) is 0.730. The summed E-state index contributed by atoms with van der Waals surface area (Å²) < 4.78 is 26.1. The molecule has 0 saturated heterocycles. The van der Waals surface area contributed by atoms with Crippen molar-refractivity contribution in [3.63, 3.8) is 0 Å². The first-order chi connectivity index (χ1) is 7.54. The Kier molecular flexibility index (Phi) is 5.91. The molecule has 0 bridgehead atoms. The van der Waals surface area contributed by atoms with Crippen LogP contribution in [-0.4, -0.2) is 37.6 Å². The number of hydrogen-bond donors (Lipinski definition) is 1. The molecule has 16 heavy (non-hydrogen) atoms. The van der Waals surface area contributed by atoms with Crippen LogP contribution in [0.3, 0.4) is 0 Å². The van der Waals surface area contributed by atoms with Gasteiger partial charge in [0.1, 0.15) is 0 Å². The van der Waals surface area contributed by atoms with Crippen molar-refractivity contribution in [3.8, 4) is 0 Å². The lowest BCUT2D eigenvalue weighted by Gasteiger charge is -2.26. The van der Waals surface area contributed by atoms with Crippen LogP contribution in [0.4, 0.5) is 0 Å². The molecule has 1 aliphatic rings. The maximum absolute atomic E-state index is 11.6. The van der Waals surface area contributed by atoms with Gasteiger partial charge in [-0.1, -0.05) is 12.8 Å². The smallest absolute Gasteiger partial charge is 0.211 e. The molecule has 0 aromatic heterocycles. The van der Waals surface area contributed by atoms with E-state index < -0.39 is 10.0 Å². The largest absolute Gasteiger partial charge is 0.214 e. The number of nitrogens with one attached hydrogen (secondary N) is 1. The average molecular weight is 286 g/mol. The number of halogens is 1. The van der Waals surface area contributed by atoms with Crippen LogP contribution >= 0.6 is 23.4 Å². The molecule has 1 aliphatic carbocycles. The molecule has 0 spiro atoms. The Morgan fingerprint density at radius 1 is 1.38 bits per heavy atom. The van der Waals surface area contributed by atoms with Crippen molar-refractivity contribution >= 4 is 33.4 Å². The van der Waals surface area contributed by atoms with Crippen LogP contribution in [0.5, 0.6) is 0 Å². The standard InChI is InChI=1S/C10H20ClNO2S2/c1-15-10(5-2-3-6-10)9-12-16(13,14)8-4-7-11/h12H,2-9H2,1H3. The molecular weight excluding hydrogens is 266 g/mol. The minimum Gasteiger partial charge on any atom is -0.214 e. The lowest BCUT2D eigenvalue weighted by atomic mass is 10.1. The summed E-state index contributed by atoms with van der Waals surface area (Å²) in [6.45, 7) is 0.568. The van der Waals surface area contributed by atoms with Crippen molar-refractivity contribution in [2.75, 3.05) is 24.4 Å². The van der Waals surface area contributed by atoms with Gasteiger partial charge in [0.2, 0.25) is 10.0 Å². The molecule has 0 radical (unpaired) electrons. The predicted molar refractivity (Wildman–Crippen MR) is 71.8 cm³/mol. The summed E-state index contributed by atoms with van der Waals surface area (Å²) in [6, 6.07) is 0. The van der Waals surface area contributed by atoms with E-state index in [0.29, 0.717) is 18.8 Å². The highest BCUT2D eigenvalue weighted by atomic mass is 35.5. The van der Waals surface area contributed by atoms with Crippen molar-refractivity contribution in [2.24, 2.45) is 0 Å². The van der Waals surface area contributed by atoms with Gasteiger partial charge < -0.3 is 0 Å². The topological polar surface area (TPSA) is 46.2 Å². The number of sulfonamides is 1. The maximum Gasteiger partial charge on any atom is 0.211 e. The van der Waals surface area contributed by atoms with E-state index in [2.05, 4.69) is 11.0 Å². The van der Waals surface area contributed by atoms with Gasteiger partial charge in [-0.05, 0) is 25.5 Å². The fraction of sp³-hybridized carbons (Fsp3) is 1.00. The summed E-state index contributed by atoms with van der Waals surface area (Å²) in [6.07, 6.45) is 7.24. The molecule has 0 aromatic rings. The summed E-state index contributed by atoms with van der Waals surface area (Å²) >= 11 is 7.28. The van der Waals surface area contributed by atoms with Crippen LogP contribution in [0, 0.1) is 0 Å². The average Bonchev–Trinajstić information content (AvgIpc) is 2.74. The zero-order valence-corrected chi connectivity index (χ0v) is 12.1. The molecule has 0 unspecified atom stereocenters. The first kappa shape index (κ1) is 14.6. The van der Waals surface area contributed by atoms with Gasteiger partial charge in [-0.25, -0.2) is 13.1 Å². The summed E-state index contributed by atoms with van der Waals surface area (Å²) in [5.41, 5.74) is 0. The van der Waals surface area contributed by atoms with Crippen LogP contribution in [0.25, 0.3) is 0 Å². The minimum absolute atomic E-state index is 0.133. The van der Waals surface area contributed by atoms with Crippen LogP contribution in [0.15, 0.2) is 0 Å². The van der Waals surface area contributed by atoms with Gasteiger partial charge in [-0.3, -0.25) is 0 Å². The van der Waals surface area contributed by atoms with Crippen LogP contribution < -0.4 is 4.72 Å². The lowest BCUT2D eigenvalue weighted by Crippen LogP contribution is -2.39. The summed E-state index contributed by atoms with van der Waals surface area (Å²) in [5.74, 6) is 0.537. The maximum atomic E-state index is 11.6. The third-order valence-corrected chi connectivity index (χ3v) is 6.20. The number of thioether (sulfide) groups is 1. The molecule has 1 N–H and O–H groups in total. The van der Waals surface area contributed by atoms with E-state index in [9.17, 15) is 8.42 Å². The molecule has 1 saturated carbocycles. The van der Waals surface area contributed by atoms with E-state index in [-0.39, 0.29) is 10.5 Å². The van der Waals surface area contributed by atoms with Gasteiger partial charge in [0.25, 0.3) is 0 Å². The summed E-state index contributed by atoms with van der Waals surface area (Å²) in [5, 5.41) is 0. The molecule has 0 amide bonds. The molecule has 3 nitrogen and oxygen atoms in total. The van der Waals surface area contributed by atoms with Gasteiger partial charge in [0.15, 0.2) is 0 Å². The second kappa shape index (κ2) is 6.47. The lowest BCUT2D eigenvalue weighted by molar-refractivity contribution is 0.550. The Hall–Kier alpha value is 0.550. The molecule has 0 aliphatic heterocycles. The van der Waals surface area contributed by atoms with Crippen molar-refractivity contribution < 1.29 is 8.42 Å². The molecule has 0 heterocycles. The number of alkyl halides is 1. The second-order valence-corrected chi connectivity index (χ2v) is 7.86. The molecular formula is C10H20ClNO2S2. The van der Waals surface area contributed by atoms with Crippen molar-refractivity contribution in [1.82, 2.24) is 4.72 Å². The van der Waals surface area contributed by atoms with Crippen LogP contribution in [0.1, 0.15) is 32.1 Å². The molecule has 0 aromatic carbocycles. The Morgan fingerprint density at radius 2 is 2.00 bits per heavy atom. The highest BCUT2D eigenvalue weighted by Gasteiger charge is 2.33. The van der Waals surface area contributed by atoms with Crippen LogP contribution in [0.2, 0.25) is 0 Å². The number of rotatable bonds is 7. The molecule has 96 valence electrons. The fourth-order valence-corrected chi connectivity index (χ4v) is 4.49. The van der Waals surface area contributed by atoms with E-state index in [0.717, 1.165) is 12.8 Å². The van der Waals surface area contributed by atoms with Gasteiger partial charge in [-0.2, -0.15) is 11.8 Å². The zero-order chi connectivity index (χ0) is 12.1. The highest BCUT2D eigenvalue weighted by molar-refractivity contribution is 8.00. The van der Waals surface area contributed by atoms with Gasteiger partial charge in [0, 0.05) is 17.2 Å². The monoisotopic (exact) mass is 285 g/mol. The van der Waals surface area contributed by atoms with Crippen LogP contribution in [-0.2, 0) is 10.0 Å². The third-order valence-electron chi connectivity index (χ3n) is 3.11. The van der Waals surface area contributed by atoms with E-state index >= 15 is 0 Å². The summed E-state index contributed by atoms with van der Waals surface area (Å²) in [7, 11) is -3.13. The first-order valence-corrected chi connectivity index (χ1v) is 9.03. The van der Waals surface area contributed by atoms with E-state index in [1.165, 1.54) is 12.8 Å². The fourth-order valence-electron chi connectivity index (χ4n) is 2.03.